The van der Waals surface area contributed by atoms with Gasteiger partial charge in [-0.05, 0) is 0 Å². The molecule has 1 aromatic carbocycles. The van der Waals surface area contributed by atoms with Crippen molar-refractivity contribution in [2.75, 3.05) is 0 Å². The van der Waals surface area contributed by atoms with Crippen molar-refractivity contribution in [1.82, 2.24) is 0 Å². The summed E-state index contributed by atoms with van der Waals surface area (Å²) in [7, 11) is 0. The number of hydrogen-bond acceptors (Lipinski definition) is 2. The summed E-state index contributed by atoms with van der Waals surface area (Å²) in [5.41, 5.74) is -0.347. The van der Waals surface area contributed by atoms with Gasteiger partial charge in [-0.1, -0.05) is 58.0 Å². The molecule has 0 radical (unpaired) electrons. The van der Waals surface area contributed by atoms with Crippen LogP contribution in [0.15, 0.2) is 6.08 Å². The van der Waals surface area contributed by atoms with Crippen LogP contribution in [0.4, 0.5) is 0 Å². The Morgan fingerprint density at radius 2 is 1.39 bits per heavy atom. The number of nitriles is 1. The van der Waals surface area contributed by atoms with Crippen LogP contribution in [0.25, 0.3) is 5.57 Å². The lowest BCUT2D eigenvalue weighted by Gasteiger charge is -2.11. The molecule has 0 aliphatic heterocycles. The van der Waals surface area contributed by atoms with Gasteiger partial charge in [0.15, 0.2) is 0 Å². The van der Waals surface area contributed by atoms with Crippen LogP contribution in [0, 0.1) is 11.3 Å². The number of carbonyl (C=O) groups is 1. The van der Waals surface area contributed by atoms with Crippen molar-refractivity contribution in [2.24, 2.45) is 0 Å². The van der Waals surface area contributed by atoms with E-state index >= 15 is 0 Å². The molecule has 18 heavy (non-hydrogen) atoms. The molecule has 0 aliphatic rings. The zero-order valence-corrected chi connectivity index (χ0v) is 12.0. The number of rotatable bonds is 2. The Bertz CT molecular complexity index is 574. The number of nitrogens with zero attached hydrogens (tertiary/aromatic N) is 1. The second kappa shape index (κ2) is 6.01. The Kier molecular flexibility index (Phi) is 5.15. The maximum absolute atomic E-state index is 10.6. The summed E-state index contributed by atoms with van der Waals surface area (Å²) in [4.78, 5) is 10.6. The SMILES string of the molecule is N#CC(=CC(=O)O)c1c(Cl)c(Cl)c(Cl)c(Cl)c1Cl. The van der Waals surface area contributed by atoms with E-state index in [1.165, 1.54) is 0 Å². The zero-order valence-electron chi connectivity index (χ0n) is 8.27. The minimum Gasteiger partial charge on any atom is -0.478 e. The van der Waals surface area contributed by atoms with Crippen LogP contribution in [0.3, 0.4) is 0 Å². The molecule has 0 spiro atoms. The number of allylic oxidation sites excluding steroid dienone is 1. The van der Waals surface area contributed by atoms with Crippen molar-refractivity contribution in [1.29, 1.82) is 5.26 Å². The minimum atomic E-state index is -1.33. The van der Waals surface area contributed by atoms with Crippen LogP contribution in [-0.4, -0.2) is 11.1 Å². The maximum Gasteiger partial charge on any atom is 0.329 e. The predicted molar refractivity (Wildman–Crippen MR) is 72.7 cm³/mol. The number of carboxylic acids is 1. The fourth-order valence-electron chi connectivity index (χ4n) is 1.13. The van der Waals surface area contributed by atoms with Gasteiger partial charge in [0, 0.05) is 11.6 Å². The summed E-state index contributed by atoms with van der Waals surface area (Å²) < 4.78 is 0. The molecule has 0 aromatic heterocycles. The van der Waals surface area contributed by atoms with Crippen molar-refractivity contribution < 1.29 is 9.90 Å². The molecule has 0 saturated heterocycles. The summed E-state index contributed by atoms with van der Waals surface area (Å²) >= 11 is 29.2. The Morgan fingerprint density at radius 3 is 1.72 bits per heavy atom. The number of benzene rings is 1. The van der Waals surface area contributed by atoms with Crippen molar-refractivity contribution in [2.45, 2.75) is 0 Å². The highest BCUT2D eigenvalue weighted by Crippen LogP contribution is 2.46. The molecule has 1 rings (SSSR count). The molecule has 1 aromatic rings. The number of hydrogen-bond donors (Lipinski definition) is 1. The van der Waals surface area contributed by atoms with Crippen LogP contribution in [-0.2, 0) is 4.79 Å². The first-order chi connectivity index (χ1) is 8.31. The van der Waals surface area contributed by atoms with Gasteiger partial charge in [-0.2, -0.15) is 5.26 Å². The second-order valence-corrected chi connectivity index (χ2v) is 4.84. The van der Waals surface area contributed by atoms with Crippen LogP contribution in [0.1, 0.15) is 5.56 Å². The van der Waals surface area contributed by atoms with Gasteiger partial charge in [-0.3, -0.25) is 0 Å². The maximum atomic E-state index is 10.6. The molecular formula is C10H2Cl5NO2. The fourth-order valence-corrected chi connectivity index (χ4v) is 2.47. The van der Waals surface area contributed by atoms with Gasteiger partial charge in [-0.25, -0.2) is 4.79 Å². The van der Waals surface area contributed by atoms with Gasteiger partial charge in [0.25, 0.3) is 0 Å². The van der Waals surface area contributed by atoms with E-state index in [0.717, 1.165) is 0 Å². The predicted octanol–water partition coefficient (Wildman–Crippen LogP) is 4.95. The summed E-state index contributed by atoms with van der Waals surface area (Å²) in [5, 5.41) is 17.0. The van der Waals surface area contributed by atoms with Gasteiger partial charge in [-0.15, -0.1) is 0 Å². The third kappa shape index (κ3) is 2.85. The minimum absolute atomic E-state index is 0.0651. The standard InChI is InChI=1S/C10H2Cl5NO2/c11-6-5(3(2-16)1-4(17)18)7(12)9(14)10(15)8(6)13/h1H,(H,17,18). The zero-order chi connectivity index (χ0) is 14.0. The molecular weight excluding hydrogens is 343 g/mol. The molecule has 0 aliphatic carbocycles. The van der Waals surface area contributed by atoms with Crippen LogP contribution < -0.4 is 0 Å². The second-order valence-electron chi connectivity index (χ2n) is 2.95. The summed E-state index contributed by atoms with van der Waals surface area (Å²) in [6.45, 7) is 0. The lowest BCUT2D eigenvalue weighted by molar-refractivity contribution is -0.131. The molecule has 8 heteroatoms. The molecule has 0 saturated carbocycles. The van der Waals surface area contributed by atoms with Crippen molar-refractivity contribution in [3.63, 3.8) is 0 Å². The molecule has 1 N–H and O–H groups in total. The highest BCUT2D eigenvalue weighted by Gasteiger charge is 2.22. The highest BCUT2D eigenvalue weighted by molar-refractivity contribution is 6.56. The van der Waals surface area contributed by atoms with E-state index in [0.29, 0.717) is 6.08 Å². The van der Waals surface area contributed by atoms with Gasteiger partial charge in [0.05, 0.1) is 30.7 Å². The van der Waals surface area contributed by atoms with E-state index in [1.54, 1.807) is 6.07 Å². The molecule has 0 atom stereocenters. The average molecular weight is 345 g/mol. The normalized spacial score (nSPS) is 11.2. The van der Waals surface area contributed by atoms with E-state index in [9.17, 15) is 4.79 Å². The van der Waals surface area contributed by atoms with E-state index < -0.39 is 5.97 Å². The van der Waals surface area contributed by atoms with Gasteiger partial charge >= 0.3 is 5.97 Å². The topological polar surface area (TPSA) is 61.1 Å². The summed E-state index contributed by atoms with van der Waals surface area (Å²) in [6.07, 6.45) is 0.646. The van der Waals surface area contributed by atoms with Gasteiger partial charge in [0.2, 0.25) is 0 Å². The molecule has 0 fully saturated rings. The molecule has 3 nitrogen and oxygen atoms in total. The van der Waals surface area contributed by atoms with E-state index in [2.05, 4.69) is 0 Å². The molecule has 0 heterocycles. The molecule has 0 amide bonds. The van der Waals surface area contributed by atoms with E-state index in [-0.39, 0.29) is 36.2 Å². The van der Waals surface area contributed by atoms with Gasteiger partial charge in [0.1, 0.15) is 6.07 Å². The Hall–Kier alpha value is -0.630. The first-order valence-corrected chi connectivity index (χ1v) is 6.06. The Labute approximate surface area is 127 Å². The first kappa shape index (κ1) is 15.4. The van der Waals surface area contributed by atoms with E-state index in [1.807, 2.05) is 0 Å². The Morgan fingerprint density at radius 1 is 1.00 bits per heavy atom. The largest absolute Gasteiger partial charge is 0.478 e. The average Bonchev–Trinajstić information content (AvgIpc) is 2.32. The monoisotopic (exact) mass is 343 g/mol. The fraction of sp³-hybridized carbons (Fsp3) is 0. The molecule has 0 unspecified atom stereocenters. The smallest absolute Gasteiger partial charge is 0.329 e. The first-order valence-electron chi connectivity index (χ1n) is 4.17. The number of aliphatic carboxylic acids is 1. The molecule has 94 valence electrons. The highest BCUT2D eigenvalue weighted by atomic mass is 35.5. The third-order valence-corrected chi connectivity index (χ3v) is 4.14. The van der Waals surface area contributed by atoms with Crippen molar-refractivity contribution >= 4 is 69.5 Å². The molecule has 0 bridgehead atoms. The van der Waals surface area contributed by atoms with E-state index in [4.69, 9.17) is 68.4 Å². The van der Waals surface area contributed by atoms with Crippen molar-refractivity contribution in [3.8, 4) is 6.07 Å². The lowest BCUT2D eigenvalue weighted by Crippen LogP contribution is -1.94. The van der Waals surface area contributed by atoms with Crippen molar-refractivity contribution in [3.05, 3.63) is 36.8 Å². The summed E-state index contributed by atoms with van der Waals surface area (Å²) in [6, 6.07) is 1.66. The van der Waals surface area contributed by atoms with Gasteiger partial charge < -0.3 is 5.11 Å². The third-order valence-electron chi connectivity index (χ3n) is 1.87. The van der Waals surface area contributed by atoms with Crippen LogP contribution >= 0.6 is 58.0 Å². The Balaban J connectivity index is 3.71. The number of halogens is 5. The quantitative estimate of drug-likeness (QED) is 0.357. The number of carboxylic acid groups (broad SMARTS) is 1. The lowest BCUT2D eigenvalue weighted by atomic mass is 10.1. The van der Waals surface area contributed by atoms with Crippen LogP contribution in [0.2, 0.25) is 25.1 Å². The summed E-state index contributed by atoms with van der Waals surface area (Å²) in [5.74, 6) is -1.33. The van der Waals surface area contributed by atoms with Crippen LogP contribution in [0.5, 0.6) is 0 Å².